The van der Waals surface area contributed by atoms with Gasteiger partial charge in [0, 0.05) is 31.7 Å². The second-order valence-electron chi connectivity index (χ2n) is 6.46. The third-order valence-electron chi connectivity index (χ3n) is 5.04. The fraction of sp³-hybridized carbons (Fsp3) is 0.933. The SMILES string of the molecule is CC1CCCC(NC(=O)CN2CCNCC2C)C1C.Cl. The molecule has 2 N–H and O–H groups in total. The van der Waals surface area contributed by atoms with Crippen LogP contribution in [0.25, 0.3) is 0 Å². The zero-order valence-electron chi connectivity index (χ0n) is 13.0. The van der Waals surface area contributed by atoms with Gasteiger partial charge in [0.25, 0.3) is 0 Å². The number of halogens is 1. The van der Waals surface area contributed by atoms with E-state index in [9.17, 15) is 4.79 Å². The first-order valence-electron chi connectivity index (χ1n) is 7.82. The molecule has 0 spiro atoms. The number of nitrogens with zero attached hydrogens (tertiary/aromatic N) is 1. The highest BCUT2D eigenvalue weighted by Gasteiger charge is 2.29. The maximum atomic E-state index is 12.2. The van der Waals surface area contributed by atoms with E-state index in [1.165, 1.54) is 12.8 Å². The molecule has 0 aromatic heterocycles. The highest BCUT2D eigenvalue weighted by molar-refractivity contribution is 5.85. The van der Waals surface area contributed by atoms with Crippen LogP contribution in [0, 0.1) is 11.8 Å². The van der Waals surface area contributed by atoms with Crippen LogP contribution in [-0.4, -0.2) is 49.1 Å². The summed E-state index contributed by atoms with van der Waals surface area (Å²) >= 11 is 0. The first kappa shape index (κ1) is 17.7. The van der Waals surface area contributed by atoms with E-state index in [1.54, 1.807) is 0 Å². The lowest BCUT2D eigenvalue weighted by Gasteiger charge is -2.36. The van der Waals surface area contributed by atoms with Crippen molar-refractivity contribution in [1.82, 2.24) is 15.5 Å². The van der Waals surface area contributed by atoms with Gasteiger partial charge >= 0.3 is 0 Å². The number of carbonyl (C=O) groups excluding carboxylic acids is 1. The Balaban J connectivity index is 0.00000200. The van der Waals surface area contributed by atoms with Gasteiger partial charge in [-0.2, -0.15) is 0 Å². The van der Waals surface area contributed by atoms with Crippen LogP contribution in [0.3, 0.4) is 0 Å². The molecule has 1 amide bonds. The van der Waals surface area contributed by atoms with Crippen LogP contribution < -0.4 is 10.6 Å². The lowest BCUT2D eigenvalue weighted by Crippen LogP contribution is -2.54. The molecule has 1 saturated carbocycles. The van der Waals surface area contributed by atoms with Crippen molar-refractivity contribution in [1.29, 1.82) is 0 Å². The summed E-state index contributed by atoms with van der Waals surface area (Å²) in [6, 6.07) is 0.844. The largest absolute Gasteiger partial charge is 0.352 e. The average Bonchev–Trinajstić information content (AvgIpc) is 2.38. The molecule has 0 aromatic carbocycles. The van der Waals surface area contributed by atoms with E-state index in [4.69, 9.17) is 0 Å². The van der Waals surface area contributed by atoms with Gasteiger partial charge < -0.3 is 10.6 Å². The minimum absolute atomic E-state index is 0. The molecule has 0 aromatic rings. The third-order valence-corrected chi connectivity index (χ3v) is 5.04. The van der Waals surface area contributed by atoms with Gasteiger partial charge in [-0.05, 0) is 25.2 Å². The van der Waals surface area contributed by atoms with Crippen LogP contribution in [0.15, 0.2) is 0 Å². The zero-order chi connectivity index (χ0) is 13.8. The Morgan fingerprint density at radius 3 is 2.75 bits per heavy atom. The van der Waals surface area contributed by atoms with Crippen LogP contribution in [0.1, 0.15) is 40.0 Å². The summed E-state index contributed by atoms with van der Waals surface area (Å²) in [5.41, 5.74) is 0. The van der Waals surface area contributed by atoms with Crippen molar-refractivity contribution in [3.05, 3.63) is 0 Å². The van der Waals surface area contributed by atoms with Crippen molar-refractivity contribution in [3.63, 3.8) is 0 Å². The molecule has 1 aliphatic carbocycles. The Morgan fingerprint density at radius 1 is 1.30 bits per heavy atom. The Hall–Kier alpha value is -0.320. The predicted octanol–water partition coefficient (Wildman–Crippen LogP) is 1.64. The van der Waals surface area contributed by atoms with Crippen molar-refractivity contribution >= 4 is 18.3 Å². The zero-order valence-corrected chi connectivity index (χ0v) is 13.8. The summed E-state index contributed by atoms with van der Waals surface area (Å²) in [5.74, 6) is 1.55. The van der Waals surface area contributed by atoms with E-state index >= 15 is 0 Å². The molecule has 4 unspecified atom stereocenters. The molecule has 0 radical (unpaired) electrons. The minimum atomic E-state index is 0. The van der Waals surface area contributed by atoms with Crippen molar-refractivity contribution in [2.24, 2.45) is 11.8 Å². The van der Waals surface area contributed by atoms with Crippen LogP contribution in [0.2, 0.25) is 0 Å². The number of carbonyl (C=O) groups is 1. The highest BCUT2D eigenvalue weighted by Crippen LogP contribution is 2.29. The molecular weight excluding hydrogens is 274 g/mol. The fourth-order valence-electron chi connectivity index (χ4n) is 3.34. The summed E-state index contributed by atoms with van der Waals surface area (Å²) in [6.45, 7) is 10.3. The molecule has 2 rings (SSSR count). The van der Waals surface area contributed by atoms with Crippen LogP contribution in [-0.2, 0) is 4.79 Å². The van der Waals surface area contributed by atoms with Gasteiger partial charge in [-0.1, -0.05) is 26.7 Å². The molecule has 118 valence electrons. The van der Waals surface area contributed by atoms with E-state index in [0.717, 1.165) is 32.0 Å². The summed E-state index contributed by atoms with van der Waals surface area (Å²) < 4.78 is 0. The molecule has 1 saturated heterocycles. The fourth-order valence-corrected chi connectivity index (χ4v) is 3.34. The van der Waals surface area contributed by atoms with Crippen LogP contribution >= 0.6 is 12.4 Å². The molecule has 20 heavy (non-hydrogen) atoms. The number of hydrogen-bond acceptors (Lipinski definition) is 3. The molecule has 2 aliphatic rings. The molecule has 4 nitrogen and oxygen atoms in total. The number of rotatable bonds is 3. The molecular formula is C15H30ClN3O. The van der Waals surface area contributed by atoms with Crippen LogP contribution in [0.5, 0.6) is 0 Å². The Kier molecular flexibility index (Phi) is 7.27. The second-order valence-corrected chi connectivity index (χ2v) is 6.46. The van der Waals surface area contributed by atoms with Gasteiger partial charge in [0.05, 0.1) is 6.54 Å². The molecule has 0 bridgehead atoms. The highest BCUT2D eigenvalue weighted by atomic mass is 35.5. The number of nitrogens with one attached hydrogen (secondary N) is 2. The van der Waals surface area contributed by atoms with E-state index in [2.05, 4.69) is 36.3 Å². The standard InChI is InChI=1S/C15H29N3O.ClH/c1-11-5-4-6-14(13(11)3)17-15(19)10-18-8-7-16-9-12(18)2;/h11-14,16H,4-10H2,1-3H3,(H,17,19);1H. The van der Waals surface area contributed by atoms with E-state index in [-0.39, 0.29) is 18.3 Å². The monoisotopic (exact) mass is 303 g/mol. The first-order chi connectivity index (χ1) is 9.08. The van der Waals surface area contributed by atoms with Crippen molar-refractivity contribution in [3.8, 4) is 0 Å². The lowest BCUT2D eigenvalue weighted by molar-refractivity contribution is -0.124. The summed E-state index contributed by atoms with van der Waals surface area (Å²) in [4.78, 5) is 14.5. The van der Waals surface area contributed by atoms with Gasteiger partial charge in [0.1, 0.15) is 0 Å². The minimum Gasteiger partial charge on any atom is -0.352 e. The van der Waals surface area contributed by atoms with Crippen molar-refractivity contribution in [2.75, 3.05) is 26.2 Å². The van der Waals surface area contributed by atoms with Gasteiger partial charge in [-0.25, -0.2) is 0 Å². The summed E-state index contributed by atoms with van der Waals surface area (Å²) in [7, 11) is 0. The van der Waals surface area contributed by atoms with Gasteiger partial charge in [0.15, 0.2) is 0 Å². The Morgan fingerprint density at radius 2 is 2.05 bits per heavy atom. The van der Waals surface area contributed by atoms with E-state index < -0.39 is 0 Å². The Bertz CT molecular complexity index is 313. The van der Waals surface area contributed by atoms with Gasteiger partial charge in [-0.3, -0.25) is 9.69 Å². The number of hydrogen-bond donors (Lipinski definition) is 2. The van der Waals surface area contributed by atoms with E-state index in [0.29, 0.717) is 24.5 Å². The smallest absolute Gasteiger partial charge is 0.234 e. The topological polar surface area (TPSA) is 44.4 Å². The van der Waals surface area contributed by atoms with Crippen molar-refractivity contribution in [2.45, 2.75) is 52.1 Å². The molecule has 1 aliphatic heterocycles. The Labute approximate surface area is 129 Å². The maximum Gasteiger partial charge on any atom is 0.234 e. The molecule has 4 atom stereocenters. The molecule has 2 fully saturated rings. The number of amides is 1. The quantitative estimate of drug-likeness (QED) is 0.833. The van der Waals surface area contributed by atoms with Gasteiger partial charge in [0.2, 0.25) is 5.91 Å². The third kappa shape index (κ3) is 4.61. The lowest BCUT2D eigenvalue weighted by atomic mass is 9.78. The van der Waals surface area contributed by atoms with Crippen LogP contribution in [0.4, 0.5) is 0 Å². The van der Waals surface area contributed by atoms with Gasteiger partial charge in [-0.15, -0.1) is 12.4 Å². The average molecular weight is 304 g/mol. The van der Waals surface area contributed by atoms with E-state index in [1.807, 2.05) is 0 Å². The second kappa shape index (κ2) is 8.20. The maximum absolute atomic E-state index is 12.2. The first-order valence-corrected chi connectivity index (χ1v) is 7.82. The van der Waals surface area contributed by atoms with Crippen molar-refractivity contribution < 1.29 is 4.79 Å². The number of piperazine rings is 1. The summed E-state index contributed by atoms with van der Waals surface area (Å²) in [6.07, 6.45) is 3.71. The molecule has 5 heteroatoms. The summed E-state index contributed by atoms with van der Waals surface area (Å²) in [5, 5.41) is 6.62. The molecule has 1 heterocycles. The predicted molar refractivity (Wildman–Crippen MR) is 85.3 cm³/mol. The normalized spacial score (nSPS) is 35.1.